The van der Waals surface area contributed by atoms with Crippen LogP contribution < -0.4 is 10.1 Å². The number of halogens is 1. The largest absolute Gasteiger partial charge is 0.497 e. The Morgan fingerprint density at radius 1 is 1.36 bits per heavy atom. The highest BCUT2D eigenvalue weighted by molar-refractivity contribution is 9.10. The van der Waals surface area contributed by atoms with Crippen LogP contribution in [0.15, 0.2) is 22.7 Å². The summed E-state index contributed by atoms with van der Waals surface area (Å²) < 4.78 is 11.4. The summed E-state index contributed by atoms with van der Waals surface area (Å²) in [5.74, 6) is 0.668. The minimum atomic E-state index is -0.515. The maximum Gasteiger partial charge on any atom is 0.410 e. The number of benzene rings is 1. The van der Waals surface area contributed by atoms with Crippen LogP contribution in [0.4, 0.5) is 4.79 Å². The van der Waals surface area contributed by atoms with Crippen LogP contribution in [0.5, 0.6) is 5.75 Å². The molecule has 1 aromatic carbocycles. The van der Waals surface area contributed by atoms with Crippen LogP contribution in [0.1, 0.15) is 32.8 Å². The summed E-state index contributed by atoms with van der Waals surface area (Å²) in [7, 11) is 1.60. The van der Waals surface area contributed by atoms with Crippen molar-refractivity contribution in [3.05, 3.63) is 28.2 Å². The fraction of sp³-hybridized carbons (Fsp3) is 0.556. The smallest absolute Gasteiger partial charge is 0.410 e. The van der Waals surface area contributed by atoms with Crippen molar-refractivity contribution >= 4 is 27.9 Å². The zero-order valence-corrected chi connectivity index (χ0v) is 16.7. The van der Waals surface area contributed by atoms with E-state index in [9.17, 15) is 9.59 Å². The summed E-state index contributed by atoms with van der Waals surface area (Å²) in [6.45, 7) is 6.59. The molecule has 1 aliphatic rings. The Hall–Kier alpha value is -1.76. The normalized spacial score (nSPS) is 17.3. The first kappa shape index (κ1) is 19.6. The molecule has 0 aliphatic carbocycles. The number of hydrogen-bond acceptors (Lipinski definition) is 4. The van der Waals surface area contributed by atoms with Gasteiger partial charge in [-0.2, -0.15) is 0 Å². The second-order valence-electron chi connectivity index (χ2n) is 7.11. The van der Waals surface area contributed by atoms with E-state index in [1.54, 1.807) is 12.0 Å². The monoisotopic (exact) mass is 412 g/mol. The third kappa shape index (κ3) is 5.92. The molecule has 0 unspecified atom stereocenters. The molecule has 1 N–H and O–H groups in total. The number of likely N-dealkylation sites (tertiary alicyclic amines) is 1. The van der Waals surface area contributed by atoms with Crippen molar-refractivity contribution in [3.8, 4) is 5.75 Å². The SMILES string of the molecule is COc1ccc(CC(=O)N[C@H]2CCN(C(=O)OC(C)(C)C)C2)c(Br)c1. The van der Waals surface area contributed by atoms with E-state index in [1.165, 1.54) is 0 Å². The van der Waals surface area contributed by atoms with Crippen LogP contribution in [-0.4, -0.2) is 48.7 Å². The van der Waals surface area contributed by atoms with Crippen molar-refractivity contribution in [1.29, 1.82) is 0 Å². The van der Waals surface area contributed by atoms with Crippen molar-refractivity contribution < 1.29 is 19.1 Å². The first-order valence-corrected chi connectivity index (χ1v) is 9.07. The molecule has 2 rings (SSSR count). The average Bonchev–Trinajstić information content (AvgIpc) is 2.96. The lowest BCUT2D eigenvalue weighted by molar-refractivity contribution is -0.121. The van der Waals surface area contributed by atoms with E-state index in [1.807, 2.05) is 39.0 Å². The van der Waals surface area contributed by atoms with Gasteiger partial charge in [-0.3, -0.25) is 4.79 Å². The Bertz CT molecular complexity index is 642. The van der Waals surface area contributed by atoms with Gasteiger partial charge in [-0.05, 0) is 44.9 Å². The Morgan fingerprint density at radius 2 is 2.08 bits per heavy atom. The lowest BCUT2D eigenvalue weighted by Crippen LogP contribution is -2.40. The predicted octanol–water partition coefficient (Wildman–Crippen LogP) is 3.13. The van der Waals surface area contributed by atoms with Crippen LogP contribution in [0.25, 0.3) is 0 Å². The summed E-state index contributed by atoms with van der Waals surface area (Å²) in [4.78, 5) is 26.0. The van der Waals surface area contributed by atoms with Crippen molar-refractivity contribution in [2.24, 2.45) is 0 Å². The molecule has 1 atom stereocenters. The van der Waals surface area contributed by atoms with E-state index < -0.39 is 5.60 Å². The van der Waals surface area contributed by atoms with Gasteiger partial charge >= 0.3 is 6.09 Å². The Morgan fingerprint density at radius 3 is 2.68 bits per heavy atom. The van der Waals surface area contributed by atoms with E-state index in [-0.39, 0.29) is 24.5 Å². The highest BCUT2D eigenvalue weighted by Gasteiger charge is 2.30. The molecule has 0 aromatic heterocycles. The average molecular weight is 413 g/mol. The summed E-state index contributed by atoms with van der Waals surface area (Å²) in [5.41, 5.74) is 0.374. The summed E-state index contributed by atoms with van der Waals surface area (Å²) in [6, 6.07) is 5.48. The fourth-order valence-electron chi connectivity index (χ4n) is 2.62. The second kappa shape index (κ2) is 8.08. The quantitative estimate of drug-likeness (QED) is 0.824. The molecule has 0 bridgehead atoms. The van der Waals surface area contributed by atoms with Gasteiger partial charge in [0.2, 0.25) is 5.91 Å². The number of nitrogens with zero attached hydrogens (tertiary/aromatic N) is 1. The Kier molecular flexibility index (Phi) is 6.32. The number of methoxy groups -OCH3 is 1. The molecule has 1 saturated heterocycles. The molecular weight excluding hydrogens is 388 g/mol. The van der Waals surface area contributed by atoms with Gasteiger partial charge in [-0.15, -0.1) is 0 Å². The van der Waals surface area contributed by atoms with Crippen molar-refractivity contribution in [1.82, 2.24) is 10.2 Å². The van der Waals surface area contributed by atoms with E-state index >= 15 is 0 Å². The third-order valence-electron chi connectivity index (χ3n) is 3.82. The fourth-order valence-corrected chi connectivity index (χ4v) is 3.12. The molecule has 1 fully saturated rings. The number of ether oxygens (including phenoxy) is 2. The molecule has 6 nitrogen and oxygen atoms in total. The predicted molar refractivity (Wildman–Crippen MR) is 98.8 cm³/mol. The van der Waals surface area contributed by atoms with Gasteiger partial charge in [0.25, 0.3) is 0 Å². The highest BCUT2D eigenvalue weighted by atomic mass is 79.9. The summed E-state index contributed by atoms with van der Waals surface area (Å²) in [6.07, 6.45) is 0.671. The van der Waals surface area contributed by atoms with E-state index in [2.05, 4.69) is 21.2 Å². The van der Waals surface area contributed by atoms with Crippen LogP contribution in [0, 0.1) is 0 Å². The van der Waals surface area contributed by atoms with Gasteiger partial charge in [0.1, 0.15) is 11.4 Å². The molecule has 0 spiro atoms. The lowest BCUT2D eigenvalue weighted by atomic mass is 10.1. The topological polar surface area (TPSA) is 67.9 Å². The summed E-state index contributed by atoms with van der Waals surface area (Å²) >= 11 is 3.46. The molecule has 1 heterocycles. The van der Waals surface area contributed by atoms with Gasteiger partial charge in [-0.25, -0.2) is 4.79 Å². The van der Waals surface area contributed by atoms with E-state index in [0.717, 1.165) is 22.2 Å². The number of nitrogens with one attached hydrogen (secondary N) is 1. The van der Waals surface area contributed by atoms with Gasteiger partial charge in [0, 0.05) is 23.6 Å². The van der Waals surface area contributed by atoms with Crippen LogP contribution in [-0.2, 0) is 16.0 Å². The number of carbonyl (C=O) groups is 2. The van der Waals surface area contributed by atoms with E-state index in [0.29, 0.717) is 13.1 Å². The van der Waals surface area contributed by atoms with Gasteiger partial charge < -0.3 is 19.7 Å². The first-order chi connectivity index (χ1) is 11.7. The van der Waals surface area contributed by atoms with Crippen molar-refractivity contribution in [2.45, 2.75) is 45.3 Å². The van der Waals surface area contributed by atoms with Crippen LogP contribution in [0.3, 0.4) is 0 Å². The Labute approximate surface area is 157 Å². The maximum atomic E-state index is 12.3. The molecule has 0 radical (unpaired) electrons. The molecule has 1 aliphatic heterocycles. The minimum absolute atomic E-state index is 0.0444. The van der Waals surface area contributed by atoms with Crippen LogP contribution >= 0.6 is 15.9 Å². The summed E-state index contributed by atoms with van der Waals surface area (Å²) in [5, 5.41) is 2.99. The molecule has 25 heavy (non-hydrogen) atoms. The standard InChI is InChI=1S/C18H25BrN2O4/c1-18(2,3)25-17(23)21-8-7-13(11-21)20-16(22)9-12-5-6-14(24-4)10-15(12)19/h5-6,10,13H,7-9,11H2,1-4H3,(H,20,22)/t13-/m0/s1. The van der Waals surface area contributed by atoms with Gasteiger partial charge in [0.15, 0.2) is 0 Å². The number of carbonyl (C=O) groups excluding carboxylic acids is 2. The van der Waals surface area contributed by atoms with Gasteiger partial charge in [0.05, 0.1) is 13.5 Å². The molecule has 7 heteroatoms. The Balaban J connectivity index is 1.85. The second-order valence-corrected chi connectivity index (χ2v) is 7.97. The lowest BCUT2D eigenvalue weighted by Gasteiger charge is -2.24. The van der Waals surface area contributed by atoms with E-state index in [4.69, 9.17) is 9.47 Å². The maximum absolute atomic E-state index is 12.3. The van der Waals surface area contributed by atoms with Crippen LogP contribution in [0.2, 0.25) is 0 Å². The van der Waals surface area contributed by atoms with Gasteiger partial charge in [-0.1, -0.05) is 22.0 Å². The molecular formula is C18H25BrN2O4. The zero-order valence-electron chi connectivity index (χ0n) is 15.1. The highest BCUT2D eigenvalue weighted by Crippen LogP contribution is 2.23. The van der Waals surface area contributed by atoms with Crippen molar-refractivity contribution in [2.75, 3.05) is 20.2 Å². The minimum Gasteiger partial charge on any atom is -0.497 e. The first-order valence-electron chi connectivity index (χ1n) is 8.27. The molecule has 1 aromatic rings. The number of amides is 2. The molecule has 0 saturated carbocycles. The van der Waals surface area contributed by atoms with Crippen molar-refractivity contribution in [3.63, 3.8) is 0 Å². The number of hydrogen-bond donors (Lipinski definition) is 1. The molecule has 2 amide bonds. The zero-order chi connectivity index (χ0) is 18.6. The molecule has 138 valence electrons. The number of rotatable bonds is 4. The third-order valence-corrected chi connectivity index (χ3v) is 4.55.